The first-order valence-electron chi connectivity index (χ1n) is 5.28. The summed E-state index contributed by atoms with van der Waals surface area (Å²) in [5.41, 5.74) is 14.8. The van der Waals surface area contributed by atoms with Gasteiger partial charge in [0, 0.05) is 11.6 Å². The minimum absolute atomic E-state index is 0.142. The highest BCUT2D eigenvalue weighted by atomic mass is 16.5. The molecule has 0 amide bonds. The van der Waals surface area contributed by atoms with Crippen LogP contribution in [0.2, 0.25) is 0 Å². The third-order valence-corrected chi connectivity index (χ3v) is 2.88. The maximum atomic E-state index is 9.01. The molecule has 0 spiro atoms. The summed E-state index contributed by atoms with van der Waals surface area (Å²) in [6.45, 7) is 3.88. The Bertz CT molecular complexity index is 366. The van der Waals surface area contributed by atoms with Crippen molar-refractivity contribution in [2.45, 2.75) is 25.9 Å². The smallest absolute Gasteiger partial charge is 0.123 e. The summed E-state index contributed by atoms with van der Waals surface area (Å²) in [6.07, 6.45) is 0. The number of methoxy groups -OCH3 is 1. The lowest BCUT2D eigenvalue weighted by atomic mass is 9.96. The number of hydrogen-bond donors (Lipinski definition) is 3. The number of benzene rings is 1. The molecule has 0 radical (unpaired) electrons. The van der Waals surface area contributed by atoms with Gasteiger partial charge in [-0.15, -0.1) is 0 Å². The zero-order valence-corrected chi connectivity index (χ0v) is 10.0. The number of nitrogens with two attached hydrogens (primary N) is 2. The second-order valence-corrected chi connectivity index (χ2v) is 4.05. The monoisotopic (exact) mass is 224 g/mol. The second kappa shape index (κ2) is 5.30. The maximum absolute atomic E-state index is 9.01. The van der Waals surface area contributed by atoms with E-state index in [9.17, 15) is 0 Å². The van der Waals surface area contributed by atoms with Gasteiger partial charge in [-0.2, -0.15) is 0 Å². The Hall–Kier alpha value is -1.10. The maximum Gasteiger partial charge on any atom is 0.123 e. The van der Waals surface area contributed by atoms with Crippen molar-refractivity contribution in [1.82, 2.24) is 0 Å². The van der Waals surface area contributed by atoms with E-state index >= 15 is 0 Å². The van der Waals surface area contributed by atoms with Crippen LogP contribution in [0.25, 0.3) is 0 Å². The Morgan fingerprint density at radius 1 is 1.25 bits per heavy atom. The fourth-order valence-corrected chi connectivity index (χ4v) is 1.59. The Morgan fingerprint density at radius 2 is 1.81 bits per heavy atom. The first kappa shape index (κ1) is 13.0. The number of aliphatic hydroxyl groups is 1. The molecule has 0 bridgehead atoms. The standard InChI is InChI=1S/C12H20N2O2/c1-7-4-9(12(14)10(13)6-15)11(16-3)5-8(7)2/h4-5,10,12,15H,6,13-14H2,1-3H3. The number of aryl methyl sites for hydroxylation is 2. The number of hydrogen-bond acceptors (Lipinski definition) is 4. The van der Waals surface area contributed by atoms with Gasteiger partial charge in [-0.3, -0.25) is 0 Å². The Kier molecular flexibility index (Phi) is 4.29. The van der Waals surface area contributed by atoms with E-state index in [2.05, 4.69) is 0 Å². The quantitative estimate of drug-likeness (QED) is 0.700. The average Bonchev–Trinajstić information content (AvgIpc) is 2.30. The van der Waals surface area contributed by atoms with Gasteiger partial charge in [0.2, 0.25) is 0 Å². The molecule has 0 fully saturated rings. The van der Waals surface area contributed by atoms with Crippen molar-refractivity contribution in [2.75, 3.05) is 13.7 Å². The SMILES string of the molecule is COc1cc(C)c(C)cc1C(N)C(N)CO. The van der Waals surface area contributed by atoms with Crippen LogP contribution in [0.15, 0.2) is 12.1 Å². The van der Waals surface area contributed by atoms with Gasteiger partial charge < -0.3 is 21.3 Å². The molecule has 4 heteroatoms. The van der Waals surface area contributed by atoms with E-state index in [4.69, 9.17) is 21.3 Å². The Labute approximate surface area is 96.2 Å². The van der Waals surface area contributed by atoms with Gasteiger partial charge in [-0.1, -0.05) is 6.07 Å². The van der Waals surface area contributed by atoms with Gasteiger partial charge in [0.25, 0.3) is 0 Å². The highest BCUT2D eigenvalue weighted by Gasteiger charge is 2.19. The molecule has 1 aromatic rings. The number of rotatable bonds is 4. The molecule has 5 N–H and O–H groups in total. The first-order valence-corrected chi connectivity index (χ1v) is 5.28. The molecular formula is C12H20N2O2. The predicted molar refractivity (Wildman–Crippen MR) is 64.5 cm³/mol. The molecule has 0 aliphatic rings. The van der Waals surface area contributed by atoms with E-state index in [-0.39, 0.29) is 6.61 Å². The molecule has 0 saturated heterocycles. The molecule has 0 aromatic heterocycles. The number of ether oxygens (including phenoxy) is 1. The summed E-state index contributed by atoms with van der Waals surface area (Å²) in [7, 11) is 1.60. The zero-order chi connectivity index (χ0) is 12.3. The highest BCUT2D eigenvalue weighted by Crippen LogP contribution is 2.28. The summed E-state index contributed by atoms with van der Waals surface area (Å²) < 4.78 is 5.28. The van der Waals surface area contributed by atoms with Crippen LogP contribution in [0.1, 0.15) is 22.7 Å². The molecule has 1 aromatic carbocycles. The van der Waals surface area contributed by atoms with Gasteiger partial charge in [-0.25, -0.2) is 0 Å². The minimum atomic E-state index is -0.476. The third kappa shape index (κ3) is 2.52. The van der Waals surface area contributed by atoms with Crippen molar-refractivity contribution in [3.05, 3.63) is 28.8 Å². The van der Waals surface area contributed by atoms with Crippen molar-refractivity contribution in [3.8, 4) is 5.75 Å². The van der Waals surface area contributed by atoms with Crippen molar-refractivity contribution in [2.24, 2.45) is 11.5 Å². The van der Waals surface area contributed by atoms with E-state index < -0.39 is 12.1 Å². The molecule has 2 atom stereocenters. The lowest BCUT2D eigenvalue weighted by molar-refractivity contribution is 0.248. The fourth-order valence-electron chi connectivity index (χ4n) is 1.59. The number of aliphatic hydroxyl groups excluding tert-OH is 1. The second-order valence-electron chi connectivity index (χ2n) is 4.05. The Morgan fingerprint density at radius 3 is 2.31 bits per heavy atom. The van der Waals surface area contributed by atoms with Crippen LogP contribution in [0.5, 0.6) is 5.75 Å². The average molecular weight is 224 g/mol. The van der Waals surface area contributed by atoms with Crippen LogP contribution in [0.4, 0.5) is 0 Å². The van der Waals surface area contributed by atoms with E-state index in [1.54, 1.807) is 7.11 Å². The molecule has 1 rings (SSSR count). The third-order valence-electron chi connectivity index (χ3n) is 2.88. The van der Waals surface area contributed by atoms with E-state index in [1.165, 1.54) is 0 Å². The summed E-state index contributed by atoms with van der Waals surface area (Å²) in [6, 6.07) is 3.01. The summed E-state index contributed by atoms with van der Waals surface area (Å²) in [4.78, 5) is 0. The summed E-state index contributed by atoms with van der Waals surface area (Å²) >= 11 is 0. The van der Waals surface area contributed by atoms with Gasteiger partial charge in [0.1, 0.15) is 5.75 Å². The predicted octanol–water partition coefficient (Wildman–Crippen LogP) is 0.631. The van der Waals surface area contributed by atoms with Crippen LogP contribution in [0.3, 0.4) is 0 Å². The molecule has 0 heterocycles. The van der Waals surface area contributed by atoms with Crippen LogP contribution in [0, 0.1) is 13.8 Å². The van der Waals surface area contributed by atoms with Crippen LogP contribution in [-0.4, -0.2) is 24.9 Å². The first-order chi connectivity index (χ1) is 7.51. The molecule has 4 nitrogen and oxygen atoms in total. The van der Waals surface area contributed by atoms with E-state index in [0.717, 1.165) is 22.4 Å². The Balaban J connectivity index is 3.16. The minimum Gasteiger partial charge on any atom is -0.496 e. The molecule has 90 valence electrons. The summed E-state index contributed by atoms with van der Waals surface area (Å²) in [5.74, 6) is 0.722. The van der Waals surface area contributed by atoms with Crippen molar-refractivity contribution in [1.29, 1.82) is 0 Å². The van der Waals surface area contributed by atoms with Crippen LogP contribution >= 0.6 is 0 Å². The van der Waals surface area contributed by atoms with Gasteiger partial charge in [-0.05, 0) is 31.0 Å². The molecular weight excluding hydrogens is 204 g/mol. The van der Waals surface area contributed by atoms with Crippen molar-refractivity contribution in [3.63, 3.8) is 0 Å². The largest absolute Gasteiger partial charge is 0.496 e. The summed E-state index contributed by atoms with van der Waals surface area (Å²) in [5, 5.41) is 9.01. The van der Waals surface area contributed by atoms with E-state index in [0.29, 0.717) is 0 Å². The zero-order valence-electron chi connectivity index (χ0n) is 10.0. The van der Waals surface area contributed by atoms with Gasteiger partial charge >= 0.3 is 0 Å². The van der Waals surface area contributed by atoms with Crippen LogP contribution < -0.4 is 16.2 Å². The molecule has 0 aliphatic carbocycles. The van der Waals surface area contributed by atoms with E-state index in [1.807, 2.05) is 26.0 Å². The fraction of sp³-hybridized carbons (Fsp3) is 0.500. The molecule has 16 heavy (non-hydrogen) atoms. The van der Waals surface area contributed by atoms with Crippen molar-refractivity contribution < 1.29 is 9.84 Å². The molecule has 0 aliphatic heterocycles. The molecule has 0 saturated carbocycles. The molecule has 2 unspecified atom stereocenters. The lowest BCUT2D eigenvalue weighted by Crippen LogP contribution is -2.37. The topological polar surface area (TPSA) is 81.5 Å². The normalized spacial score (nSPS) is 14.6. The van der Waals surface area contributed by atoms with Gasteiger partial charge in [0.05, 0.1) is 19.8 Å². The van der Waals surface area contributed by atoms with Crippen LogP contribution in [-0.2, 0) is 0 Å². The lowest BCUT2D eigenvalue weighted by Gasteiger charge is -2.21. The van der Waals surface area contributed by atoms with Gasteiger partial charge in [0.15, 0.2) is 0 Å². The highest BCUT2D eigenvalue weighted by molar-refractivity contribution is 5.43. The van der Waals surface area contributed by atoms with Crippen molar-refractivity contribution >= 4 is 0 Å².